The van der Waals surface area contributed by atoms with E-state index in [0.29, 0.717) is 5.92 Å². The van der Waals surface area contributed by atoms with E-state index in [0.717, 1.165) is 12.3 Å². The Kier molecular flexibility index (Phi) is 4.40. The first-order valence-electron chi connectivity index (χ1n) is 5.33. The molecule has 0 fully saturated rings. The maximum atomic E-state index is 3.79. The molecule has 0 N–H and O–H groups in total. The van der Waals surface area contributed by atoms with Crippen LogP contribution in [-0.2, 0) is 6.42 Å². The molecule has 0 saturated heterocycles. The molecule has 14 heavy (non-hydrogen) atoms. The third-order valence-electron chi connectivity index (χ3n) is 2.30. The number of thiophene rings is 1. The van der Waals surface area contributed by atoms with E-state index in [2.05, 4.69) is 39.5 Å². The van der Waals surface area contributed by atoms with Crippen molar-refractivity contribution in [2.75, 3.05) is 0 Å². The van der Waals surface area contributed by atoms with Crippen LogP contribution in [0.2, 0.25) is 0 Å². The predicted molar refractivity (Wildman–Crippen MR) is 66.1 cm³/mol. The Hall–Kier alpha value is -0.560. The fraction of sp³-hybridized carbons (Fsp3) is 0.538. The SMILES string of the molecule is C=CCC(C)c1ccc(CC(C)C)s1. The van der Waals surface area contributed by atoms with Gasteiger partial charge in [-0.1, -0.05) is 26.8 Å². The molecule has 0 saturated carbocycles. The Morgan fingerprint density at radius 3 is 2.64 bits per heavy atom. The molecule has 1 aromatic heterocycles. The number of rotatable bonds is 5. The van der Waals surface area contributed by atoms with Crippen molar-refractivity contribution < 1.29 is 0 Å². The molecule has 1 atom stereocenters. The molecule has 0 nitrogen and oxygen atoms in total. The Bertz CT molecular complexity index is 283. The van der Waals surface area contributed by atoms with Crippen LogP contribution in [0.15, 0.2) is 24.8 Å². The molecule has 0 radical (unpaired) electrons. The molecule has 0 aliphatic carbocycles. The maximum absolute atomic E-state index is 3.79. The van der Waals surface area contributed by atoms with Crippen LogP contribution in [0.1, 0.15) is 42.9 Å². The van der Waals surface area contributed by atoms with Crippen LogP contribution in [0, 0.1) is 5.92 Å². The molecule has 1 heteroatoms. The van der Waals surface area contributed by atoms with Gasteiger partial charge >= 0.3 is 0 Å². The molecule has 1 rings (SSSR count). The first-order valence-corrected chi connectivity index (χ1v) is 6.14. The van der Waals surface area contributed by atoms with E-state index >= 15 is 0 Å². The van der Waals surface area contributed by atoms with Gasteiger partial charge in [-0.2, -0.15) is 0 Å². The number of hydrogen-bond donors (Lipinski definition) is 0. The summed E-state index contributed by atoms with van der Waals surface area (Å²) in [6, 6.07) is 4.55. The first-order chi connectivity index (χ1) is 6.63. The zero-order chi connectivity index (χ0) is 10.6. The molecule has 1 aromatic rings. The summed E-state index contributed by atoms with van der Waals surface area (Å²) in [5.41, 5.74) is 0. The summed E-state index contributed by atoms with van der Waals surface area (Å²) in [4.78, 5) is 3.02. The van der Waals surface area contributed by atoms with Gasteiger partial charge in [-0.25, -0.2) is 0 Å². The summed E-state index contributed by atoms with van der Waals surface area (Å²) in [6.07, 6.45) is 4.31. The Morgan fingerprint density at radius 1 is 1.36 bits per heavy atom. The molecule has 1 heterocycles. The Labute approximate surface area is 91.7 Å². The van der Waals surface area contributed by atoms with Crippen molar-refractivity contribution in [2.24, 2.45) is 5.92 Å². The molecule has 0 amide bonds. The van der Waals surface area contributed by atoms with E-state index in [1.807, 2.05) is 17.4 Å². The highest BCUT2D eigenvalue weighted by molar-refractivity contribution is 7.12. The second kappa shape index (κ2) is 5.35. The summed E-state index contributed by atoms with van der Waals surface area (Å²) in [6.45, 7) is 10.6. The van der Waals surface area contributed by atoms with Crippen LogP contribution < -0.4 is 0 Å². The lowest BCUT2D eigenvalue weighted by molar-refractivity contribution is 0.654. The predicted octanol–water partition coefficient (Wildman–Crippen LogP) is 4.63. The van der Waals surface area contributed by atoms with Crippen LogP contribution in [0.5, 0.6) is 0 Å². The van der Waals surface area contributed by atoms with Gasteiger partial charge in [-0.05, 0) is 36.8 Å². The van der Waals surface area contributed by atoms with Crippen molar-refractivity contribution in [2.45, 2.75) is 39.5 Å². The third kappa shape index (κ3) is 3.30. The fourth-order valence-electron chi connectivity index (χ4n) is 1.54. The van der Waals surface area contributed by atoms with Crippen molar-refractivity contribution in [3.63, 3.8) is 0 Å². The summed E-state index contributed by atoms with van der Waals surface area (Å²) in [7, 11) is 0. The quantitative estimate of drug-likeness (QED) is 0.619. The van der Waals surface area contributed by atoms with E-state index in [4.69, 9.17) is 0 Å². The van der Waals surface area contributed by atoms with E-state index < -0.39 is 0 Å². The van der Waals surface area contributed by atoms with Crippen molar-refractivity contribution in [3.8, 4) is 0 Å². The maximum Gasteiger partial charge on any atom is 0.00794 e. The molecule has 0 spiro atoms. The smallest absolute Gasteiger partial charge is 0.00794 e. The second-order valence-electron chi connectivity index (χ2n) is 4.33. The van der Waals surface area contributed by atoms with E-state index in [-0.39, 0.29) is 0 Å². The van der Waals surface area contributed by atoms with Gasteiger partial charge in [-0.3, -0.25) is 0 Å². The molecule has 0 aromatic carbocycles. The van der Waals surface area contributed by atoms with Crippen LogP contribution in [0.25, 0.3) is 0 Å². The highest BCUT2D eigenvalue weighted by Gasteiger charge is 2.07. The van der Waals surface area contributed by atoms with Crippen LogP contribution in [0.3, 0.4) is 0 Å². The van der Waals surface area contributed by atoms with E-state index in [9.17, 15) is 0 Å². The van der Waals surface area contributed by atoms with E-state index in [1.54, 1.807) is 0 Å². The number of hydrogen-bond acceptors (Lipinski definition) is 1. The zero-order valence-electron chi connectivity index (χ0n) is 9.42. The van der Waals surface area contributed by atoms with E-state index in [1.165, 1.54) is 16.2 Å². The van der Waals surface area contributed by atoms with Crippen LogP contribution >= 0.6 is 11.3 Å². The van der Waals surface area contributed by atoms with Crippen molar-refractivity contribution in [1.29, 1.82) is 0 Å². The molecule has 0 aliphatic heterocycles. The minimum atomic E-state index is 0.637. The normalized spacial score (nSPS) is 13.1. The van der Waals surface area contributed by atoms with Gasteiger partial charge in [0, 0.05) is 9.75 Å². The van der Waals surface area contributed by atoms with Gasteiger partial charge in [0.05, 0.1) is 0 Å². The van der Waals surface area contributed by atoms with Gasteiger partial charge in [0.2, 0.25) is 0 Å². The van der Waals surface area contributed by atoms with Crippen molar-refractivity contribution in [1.82, 2.24) is 0 Å². The minimum absolute atomic E-state index is 0.637. The average molecular weight is 208 g/mol. The Morgan fingerprint density at radius 2 is 2.07 bits per heavy atom. The van der Waals surface area contributed by atoms with Crippen molar-refractivity contribution in [3.05, 3.63) is 34.5 Å². The lowest BCUT2D eigenvalue weighted by Gasteiger charge is -2.04. The lowest BCUT2D eigenvalue weighted by Crippen LogP contribution is -1.90. The summed E-state index contributed by atoms with van der Waals surface area (Å²) < 4.78 is 0. The monoisotopic (exact) mass is 208 g/mol. The molecule has 78 valence electrons. The standard InChI is InChI=1S/C13H20S/c1-5-6-11(4)13-8-7-12(14-13)9-10(2)3/h5,7-8,10-11H,1,6,9H2,2-4H3. The van der Waals surface area contributed by atoms with Gasteiger partial charge in [0.25, 0.3) is 0 Å². The summed E-state index contributed by atoms with van der Waals surface area (Å²) in [5, 5.41) is 0. The van der Waals surface area contributed by atoms with Crippen molar-refractivity contribution >= 4 is 11.3 Å². The number of allylic oxidation sites excluding steroid dienone is 1. The zero-order valence-corrected chi connectivity index (χ0v) is 10.2. The third-order valence-corrected chi connectivity index (χ3v) is 3.64. The summed E-state index contributed by atoms with van der Waals surface area (Å²) >= 11 is 1.96. The Balaban J connectivity index is 2.62. The van der Waals surface area contributed by atoms with Crippen LogP contribution in [-0.4, -0.2) is 0 Å². The van der Waals surface area contributed by atoms with Gasteiger partial charge in [0.1, 0.15) is 0 Å². The largest absolute Gasteiger partial charge is 0.145 e. The molecule has 0 bridgehead atoms. The molecule has 1 unspecified atom stereocenters. The van der Waals surface area contributed by atoms with Gasteiger partial charge < -0.3 is 0 Å². The highest BCUT2D eigenvalue weighted by atomic mass is 32.1. The fourth-order valence-corrected chi connectivity index (χ4v) is 2.83. The lowest BCUT2D eigenvalue weighted by atomic mass is 10.1. The summed E-state index contributed by atoms with van der Waals surface area (Å²) in [5.74, 6) is 1.40. The second-order valence-corrected chi connectivity index (χ2v) is 5.53. The molecule has 0 aliphatic rings. The topological polar surface area (TPSA) is 0 Å². The minimum Gasteiger partial charge on any atom is -0.145 e. The van der Waals surface area contributed by atoms with Gasteiger partial charge in [-0.15, -0.1) is 17.9 Å². The molecular formula is C13H20S. The van der Waals surface area contributed by atoms with Gasteiger partial charge in [0.15, 0.2) is 0 Å². The van der Waals surface area contributed by atoms with Crippen LogP contribution in [0.4, 0.5) is 0 Å². The average Bonchev–Trinajstić information content (AvgIpc) is 2.52. The highest BCUT2D eigenvalue weighted by Crippen LogP contribution is 2.28. The first kappa shape index (κ1) is 11.5. The molecular weight excluding hydrogens is 188 g/mol.